The molecule has 2 rings (SSSR count). The van der Waals surface area contributed by atoms with Gasteiger partial charge in [0.2, 0.25) is 11.8 Å². The van der Waals surface area contributed by atoms with Crippen molar-refractivity contribution in [3.63, 3.8) is 0 Å². The van der Waals surface area contributed by atoms with Gasteiger partial charge in [0.25, 0.3) is 0 Å². The lowest BCUT2D eigenvalue weighted by Crippen LogP contribution is -2.51. The van der Waals surface area contributed by atoms with Crippen molar-refractivity contribution in [1.29, 1.82) is 0 Å². The lowest BCUT2D eigenvalue weighted by Gasteiger charge is -2.31. The van der Waals surface area contributed by atoms with Crippen molar-refractivity contribution in [2.45, 2.75) is 64.9 Å². The number of carbonyl (C=O) groups excluding carboxylic acids is 2. The molecule has 0 fully saturated rings. The Hall–Kier alpha value is -2.34. The number of hydrogen-bond acceptors (Lipinski definition) is 3. The summed E-state index contributed by atoms with van der Waals surface area (Å²) in [6, 6.07) is 13.9. The van der Waals surface area contributed by atoms with E-state index < -0.39 is 6.04 Å². The van der Waals surface area contributed by atoms with Crippen LogP contribution in [-0.4, -0.2) is 34.6 Å². The molecule has 6 heteroatoms. The molecule has 0 heterocycles. The van der Waals surface area contributed by atoms with E-state index in [0.29, 0.717) is 18.7 Å². The lowest BCUT2D eigenvalue weighted by atomic mass is 10.1. The van der Waals surface area contributed by atoms with E-state index in [4.69, 9.17) is 0 Å². The molecule has 0 aromatic heterocycles. The van der Waals surface area contributed by atoms with Crippen LogP contribution in [0.2, 0.25) is 0 Å². The third kappa shape index (κ3) is 8.02. The number of aryl methyl sites for hydroxylation is 1. The fourth-order valence-electron chi connectivity index (χ4n) is 3.17. The molecular formula is C25H33FN2O2S. The average Bonchev–Trinajstić information content (AvgIpc) is 2.76. The minimum Gasteiger partial charge on any atom is -0.352 e. The molecule has 0 aliphatic heterocycles. The van der Waals surface area contributed by atoms with Crippen LogP contribution in [0, 0.1) is 12.7 Å². The zero-order valence-corrected chi connectivity index (χ0v) is 19.7. The Labute approximate surface area is 189 Å². The standard InChI is InChI=1S/C25H33FN2O2S/c1-5-19(4)27-25(30)23(6-2)28(15-20-9-7-18(3)8-10-20)24(29)17-31-16-21-11-13-22(26)14-12-21/h7-14,19,23H,5-6,15-17H2,1-4H3,(H,27,30)/t19-,23-/m1/s1. The normalized spacial score (nSPS) is 12.8. The summed E-state index contributed by atoms with van der Waals surface area (Å²) in [5.41, 5.74) is 3.11. The van der Waals surface area contributed by atoms with Gasteiger partial charge in [-0.3, -0.25) is 9.59 Å². The maximum Gasteiger partial charge on any atom is 0.243 e. The SMILES string of the molecule is CC[C@@H](C)NC(=O)[C@@H](CC)N(Cc1ccc(C)cc1)C(=O)CSCc1ccc(F)cc1. The van der Waals surface area contributed by atoms with Gasteiger partial charge in [-0.05, 0) is 49.9 Å². The predicted molar refractivity (Wildman–Crippen MR) is 126 cm³/mol. The molecule has 0 unspecified atom stereocenters. The largest absolute Gasteiger partial charge is 0.352 e. The molecule has 0 saturated heterocycles. The van der Waals surface area contributed by atoms with E-state index in [1.54, 1.807) is 17.0 Å². The first-order valence-corrected chi connectivity index (χ1v) is 12.0. The Balaban J connectivity index is 2.12. The number of thioether (sulfide) groups is 1. The van der Waals surface area contributed by atoms with Gasteiger partial charge in [-0.15, -0.1) is 11.8 Å². The molecule has 0 spiro atoms. The summed E-state index contributed by atoms with van der Waals surface area (Å²) in [5.74, 6) is 0.420. The average molecular weight is 445 g/mol. The van der Waals surface area contributed by atoms with E-state index in [1.165, 1.54) is 23.9 Å². The molecule has 2 aromatic rings. The van der Waals surface area contributed by atoms with Crippen molar-refractivity contribution in [2.24, 2.45) is 0 Å². The number of nitrogens with one attached hydrogen (secondary N) is 1. The van der Waals surface area contributed by atoms with Gasteiger partial charge in [0, 0.05) is 18.3 Å². The molecule has 4 nitrogen and oxygen atoms in total. The van der Waals surface area contributed by atoms with Crippen LogP contribution in [-0.2, 0) is 21.9 Å². The highest BCUT2D eigenvalue weighted by Crippen LogP contribution is 2.18. The number of carbonyl (C=O) groups is 2. The van der Waals surface area contributed by atoms with Crippen LogP contribution >= 0.6 is 11.8 Å². The third-order valence-corrected chi connectivity index (χ3v) is 6.26. The first-order chi connectivity index (χ1) is 14.8. The topological polar surface area (TPSA) is 49.4 Å². The Bertz CT molecular complexity index is 840. The summed E-state index contributed by atoms with van der Waals surface area (Å²) in [6.07, 6.45) is 1.38. The van der Waals surface area contributed by atoms with Crippen molar-refractivity contribution >= 4 is 23.6 Å². The van der Waals surface area contributed by atoms with E-state index in [-0.39, 0.29) is 29.4 Å². The minimum absolute atomic E-state index is 0.0609. The van der Waals surface area contributed by atoms with E-state index in [0.717, 1.165) is 23.1 Å². The molecule has 1 N–H and O–H groups in total. The van der Waals surface area contributed by atoms with E-state index in [2.05, 4.69) is 5.32 Å². The summed E-state index contributed by atoms with van der Waals surface area (Å²) in [4.78, 5) is 27.8. The van der Waals surface area contributed by atoms with Crippen molar-refractivity contribution in [2.75, 3.05) is 5.75 Å². The highest BCUT2D eigenvalue weighted by atomic mass is 32.2. The Morgan fingerprint density at radius 2 is 1.61 bits per heavy atom. The van der Waals surface area contributed by atoms with Gasteiger partial charge in [0.05, 0.1) is 5.75 Å². The van der Waals surface area contributed by atoms with Gasteiger partial charge in [0.1, 0.15) is 11.9 Å². The molecule has 0 radical (unpaired) electrons. The quantitative estimate of drug-likeness (QED) is 0.525. The Morgan fingerprint density at radius 3 is 2.19 bits per heavy atom. The monoisotopic (exact) mass is 444 g/mol. The highest BCUT2D eigenvalue weighted by Gasteiger charge is 2.29. The first kappa shape index (κ1) is 24.9. The second kappa shape index (κ2) is 12.5. The summed E-state index contributed by atoms with van der Waals surface area (Å²) in [5, 5.41) is 3.02. The number of benzene rings is 2. The van der Waals surface area contributed by atoms with Crippen LogP contribution in [0.3, 0.4) is 0 Å². The second-order valence-corrected chi connectivity index (χ2v) is 8.85. The molecule has 0 saturated carbocycles. The summed E-state index contributed by atoms with van der Waals surface area (Å²) >= 11 is 1.47. The Kier molecular flexibility index (Phi) is 10.0. The van der Waals surface area contributed by atoms with Crippen molar-refractivity contribution in [3.05, 3.63) is 71.0 Å². The van der Waals surface area contributed by atoms with Gasteiger partial charge in [0.15, 0.2) is 0 Å². The molecule has 2 aromatic carbocycles. The lowest BCUT2D eigenvalue weighted by molar-refractivity contribution is -0.139. The highest BCUT2D eigenvalue weighted by molar-refractivity contribution is 7.99. The van der Waals surface area contributed by atoms with Crippen LogP contribution in [0.25, 0.3) is 0 Å². The fraction of sp³-hybridized carbons (Fsp3) is 0.440. The van der Waals surface area contributed by atoms with Crippen LogP contribution in [0.1, 0.15) is 50.3 Å². The van der Waals surface area contributed by atoms with E-state index in [9.17, 15) is 14.0 Å². The van der Waals surface area contributed by atoms with Crippen molar-refractivity contribution in [1.82, 2.24) is 10.2 Å². The number of rotatable bonds is 11. The molecule has 168 valence electrons. The second-order valence-electron chi connectivity index (χ2n) is 7.87. The number of amides is 2. The van der Waals surface area contributed by atoms with E-state index >= 15 is 0 Å². The van der Waals surface area contributed by atoms with Crippen LogP contribution in [0.15, 0.2) is 48.5 Å². The molecular weight excluding hydrogens is 411 g/mol. The van der Waals surface area contributed by atoms with Gasteiger partial charge < -0.3 is 10.2 Å². The molecule has 31 heavy (non-hydrogen) atoms. The fourth-order valence-corrected chi connectivity index (χ4v) is 4.04. The maximum atomic E-state index is 13.2. The maximum absolute atomic E-state index is 13.2. The van der Waals surface area contributed by atoms with Crippen molar-refractivity contribution < 1.29 is 14.0 Å². The molecule has 0 bridgehead atoms. The molecule has 0 aliphatic carbocycles. The predicted octanol–water partition coefficient (Wildman–Crippen LogP) is 5.09. The van der Waals surface area contributed by atoms with Crippen LogP contribution in [0.5, 0.6) is 0 Å². The molecule has 2 atom stereocenters. The zero-order chi connectivity index (χ0) is 22.8. The number of nitrogens with zero attached hydrogens (tertiary/aromatic N) is 1. The molecule has 0 aliphatic rings. The first-order valence-electron chi connectivity index (χ1n) is 10.8. The number of hydrogen-bond donors (Lipinski definition) is 1. The van der Waals surface area contributed by atoms with Crippen LogP contribution < -0.4 is 5.32 Å². The number of halogens is 1. The summed E-state index contributed by atoms with van der Waals surface area (Å²) in [6.45, 7) is 8.33. The third-order valence-electron chi connectivity index (χ3n) is 5.27. The minimum atomic E-state index is -0.519. The summed E-state index contributed by atoms with van der Waals surface area (Å²) in [7, 11) is 0. The van der Waals surface area contributed by atoms with Gasteiger partial charge >= 0.3 is 0 Å². The van der Waals surface area contributed by atoms with E-state index in [1.807, 2.05) is 52.0 Å². The Morgan fingerprint density at radius 1 is 1.00 bits per heavy atom. The van der Waals surface area contributed by atoms with Crippen molar-refractivity contribution in [3.8, 4) is 0 Å². The van der Waals surface area contributed by atoms with Gasteiger partial charge in [-0.25, -0.2) is 4.39 Å². The van der Waals surface area contributed by atoms with Gasteiger partial charge in [-0.1, -0.05) is 55.8 Å². The summed E-state index contributed by atoms with van der Waals surface area (Å²) < 4.78 is 13.1. The van der Waals surface area contributed by atoms with Gasteiger partial charge in [-0.2, -0.15) is 0 Å². The van der Waals surface area contributed by atoms with Crippen LogP contribution in [0.4, 0.5) is 4.39 Å². The molecule has 2 amide bonds. The zero-order valence-electron chi connectivity index (χ0n) is 18.9. The smallest absolute Gasteiger partial charge is 0.243 e.